The SMILES string of the molecule is C=O.C=O.CC.C[C@@H]1CN(C)CCN1Cc1cc2c(=O)n(C)cc(-c3cncc(OCC4CC4)c3)c2s1. The van der Waals surface area contributed by atoms with E-state index in [1.54, 1.807) is 22.1 Å². The largest absolute Gasteiger partial charge is 0.492 e. The van der Waals surface area contributed by atoms with Gasteiger partial charge in [-0.25, -0.2) is 0 Å². The Kier molecular flexibility index (Phi) is 12.1. The van der Waals surface area contributed by atoms with E-state index in [1.807, 2.05) is 46.9 Å². The van der Waals surface area contributed by atoms with Crippen LogP contribution >= 0.6 is 11.3 Å². The molecule has 202 valence electrons. The van der Waals surface area contributed by atoms with Gasteiger partial charge >= 0.3 is 0 Å². The molecule has 5 rings (SSSR count). The molecule has 0 amide bonds. The van der Waals surface area contributed by atoms with Crippen LogP contribution in [0.1, 0.15) is 38.5 Å². The van der Waals surface area contributed by atoms with Crippen molar-refractivity contribution in [1.82, 2.24) is 19.4 Å². The van der Waals surface area contributed by atoms with E-state index in [4.69, 9.17) is 14.3 Å². The highest BCUT2D eigenvalue weighted by atomic mass is 32.1. The van der Waals surface area contributed by atoms with E-state index in [-0.39, 0.29) is 5.56 Å². The number of aromatic nitrogens is 2. The zero-order valence-corrected chi connectivity index (χ0v) is 23.6. The quantitative estimate of drug-likeness (QED) is 0.473. The molecule has 2 aliphatic rings. The number of nitrogens with zero attached hydrogens (tertiary/aromatic N) is 4. The smallest absolute Gasteiger partial charge is 0.259 e. The lowest BCUT2D eigenvalue weighted by atomic mass is 10.1. The number of hydrogen-bond donors (Lipinski definition) is 0. The van der Waals surface area contributed by atoms with Crippen LogP contribution in [-0.4, -0.2) is 72.3 Å². The molecule has 3 aromatic heterocycles. The van der Waals surface area contributed by atoms with Crippen LogP contribution in [0.25, 0.3) is 21.2 Å². The molecule has 8 nitrogen and oxygen atoms in total. The van der Waals surface area contributed by atoms with Crippen LogP contribution in [0.4, 0.5) is 0 Å². The van der Waals surface area contributed by atoms with E-state index >= 15 is 0 Å². The summed E-state index contributed by atoms with van der Waals surface area (Å²) < 4.78 is 8.67. The zero-order valence-electron chi connectivity index (χ0n) is 22.7. The number of carbonyl (C=O) groups excluding carboxylic acids is 2. The van der Waals surface area contributed by atoms with Crippen LogP contribution in [-0.2, 0) is 23.2 Å². The van der Waals surface area contributed by atoms with Crippen molar-refractivity contribution < 1.29 is 14.3 Å². The number of piperazine rings is 1. The summed E-state index contributed by atoms with van der Waals surface area (Å²) in [5.74, 6) is 1.50. The highest BCUT2D eigenvalue weighted by molar-refractivity contribution is 7.19. The number of fused-ring (bicyclic) bond motifs is 1. The summed E-state index contributed by atoms with van der Waals surface area (Å²) in [6.45, 7) is 15.2. The normalized spacial score (nSPS) is 17.5. The highest BCUT2D eigenvalue weighted by Crippen LogP contribution is 2.35. The van der Waals surface area contributed by atoms with Crippen molar-refractivity contribution >= 4 is 35.0 Å². The van der Waals surface area contributed by atoms with Crippen LogP contribution in [0.15, 0.2) is 35.5 Å². The van der Waals surface area contributed by atoms with Gasteiger partial charge in [0.1, 0.15) is 19.3 Å². The summed E-state index contributed by atoms with van der Waals surface area (Å²) in [6.07, 6.45) is 8.10. The number of aryl methyl sites for hydroxylation is 1. The Morgan fingerprint density at radius 2 is 1.78 bits per heavy atom. The van der Waals surface area contributed by atoms with E-state index < -0.39 is 0 Å². The number of pyridine rings is 2. The van der Waals surface area contributed by atoms with Crippen molar-refractivity contribution in [3.8, 4) is 16.9 Å². The molecule has 3 aromatic rings. The Balaban J connectivity index is 0.000000750. The lowest BCUT2D eigenvalue weighted by Gasteiger charge is -2.37. The number of likely N-dealkylation sites (N-methyl/N-ethyl adjacent to an activating group) is 1. The minimum Gasteiger partial charge on any atom is -0.492 e. The topological polar surface area (TPSA) is 84.7 Å². The van der Waals surface area contributed by atoms with Crippen LogP contribution in [0.3, 0.4) is 0 Å². The van der Waals surface area contributed by atoms with E-state index in [1.165, 1.54) is 17.7 Å². The molecule has 4 heterocycles. The Bertz CT molecular complexity index is 1190. The van der Waals surface area contributed by atoms with Gasteiger partial charge in [0, 0.05) is 72.4 Å². The summed E-state index contributed by atoms with van der Waals surface area (Å²) in [5.41, 5.74) is 2.10. The molecule has 1 saturated carbocycles. The molecule has 1 aliphatic heterocycles. The van der Waals surface area contributed by atoms with Gasteiger partial charge in [-0.2, -0.15) is 0 Å². The second-order valence-corrected chi connectivity index (χ2v) is 10.3. The van der Waals surface area contributed by atoms with Gasteiger partial charge in [0.15, 0.2) is 0 Å². The van der Waals surface area contributed by atoms with Gasteiger partial charge in [-0.3, -0.25) is 14.7 Å². The first-order valence-electron chi connectivity index (χ1n) is 12.7. The van der Waals surface area contributed by atoms with E-state index in [2.05, 4.69) is 40.9 Å². The fourth-order valence-corrected chi connectivity index (χ4v) is 5.55. The van der Waals surface area contributed by atoms with Gasteiger partial charge in [-0.15, -0.1) is 11.3 Å². The van der Waals surface area contributed by atoms with Crippen molar-refractivity contribution in [3.63, 3.8) is 0 Å². The Hall–Kier alpha value is -2.88. The molecule has 1 atom stereocenters. The van der Waals surface area contributed by atoms with Gasteiger partial charge in [0.25, 0.3) is 5.56 Å². The summed E-state index contributed by atoms with van der Waals surface area (Å²) >= 11 is 1.73. The minimum absolute atomic E-state index is 0.0572. The molecule has 0 unspecified atom stereocenters. The molecule has 1 aliphatic carbocycles. The molecular weight excluding hydrogens is 488 g/mol. The van der Waals surface area contributed by atoms with Gasteiger partial charge in [0.05, 0.1) is 18.2 Å². The van der Waals surface area contributed by atoms with Gasteiger partial charge in [-0.05, 0) is 44.9 Å². The third kappa shape index (κ3) is 7.80. The summed E-state index contributed by atoms with van der Waals surface area (Å²) in [5, 5.41) is 0.797. The zero-order chi connectivity index (χ0) is 27.5. The van der Waals surface area contributed by atoms with Crippen molar-refractivity contribution in [2.24, 2.45) is 13.0 Å². The first kappa shape index (κ1) is 30.3. The maximum atomic E-state index is 12.9. The first-order chi connectivity index (χ1) is 18.0. The van der Waals surface area contributed by atoms with Crippen LogP contribution in [0.2, 0.25) is 0 Å². The minimum atomic E-state index is 0.0572. The molecule has 9 heteroatoms. The molecule has 1 saturated heterocycles. The Morgan fingerprint density at radius 3 is 2.43 bits per heavy atom. The standard InChI is InChI=1S/C24H30N4O2S.C2H6.2CH2O/c1-16-12-26(2)6-7-28(16)13-20-9-21-23(31-20)22(14-27(3)24(21)29)18-8-19(11-25-10-18)30-15-17-4-5-17;3*1-2/h8-11,14,16-17H,4-7,12-13,15H2,1-3H3;1-2H3;2*1H2/t16-;;;/m1.../s1. The van der Waals surface area contributed by atoms with Crippen LogP contribution in [0.5, 0.6) is 5.75 Å². The van der Waals surface area contributed by atoms with Crippen molar-refractivity contribution in [2.45, 2.75) is 46.2 Å². The average Bonchev–Trinajstić information content (AvgIpc) is 3.67. The second-order valence-electron chi connectivity index (χ2n) is 9.16. The van der Waals surface area contributed by atoms with Crippen molar-refractivity contribution in [2.75, 3.05) is 33.3 Å². The third-order valence-electron chi connectivity index (χ3n) is 6.44. The lowest BCUT2D eigenvalue weighted by Crippen LogP contribution is -2.49. The predicted molar refractivity (Wildman–Crippen MR) is 151 cm³/mol. The number of rotatable bonds is 6. The van der Waals surface area contributed by atoms with Crippen molar-refractivity contribution in [3.05, 3.63) is 46.0 Å². The average molecular weight is 529 g/mol. The molecule has 0 aromatic carbocycles. The van der Waals surface area contributed by atoms with Gasteiger partial charge in [0.2, 0.25) is 0 Å². The highest BCUT2D eigenvalue weighted by Gasteiger charge is 2.24. The summed E-state index contributed by atoms with van der Waals surface area (Å²) in [4.78, 5) is 39.4. The van der Waals surface area contributed by atoms with E-state index in [0.29, 0.717) is 12.0 Å². The molecular formula is C28H40N4O4S. The summed E-state index contributed by atoms with van der Waals surface area (Å²) in [7, 11) is 4.01. The lowest BCUT2D eigenvalue weighted by molar-refractivity contribution is -0.0987. The molecule has 2 fully saturated rings. The van der Waals surface area contributed by atoms with E-state index in [0.717, 1.165) is 59.7 Å². The molecule has 0 N–H and O–H groups in total. The molecule has 0 bridgehead atoms. The fraction of sp³-hybridized carbons (Fsp3) is 0.500. The van der Waals surface area contributed by atoms with E-state index in [9.17, 15) is 4.79 Å². The van der Waals surface area contributed by atoms with Gasteiger partial charge < -0.3 is 23.8 Å². The second kappa shape index (κ2) is 14.8. The number of hydrogen-bond acceptors (Lipinski definition) is 8. The third-order valence-corrected chi connectivity index (χ3v) is 7.59. The van der Waals surface area contributed by atoms with Crippen LogP contribution in [0, 0.1) is 5.92 Å². The molecule has 37 heavy (non-hydrogen) atoms. The summed E-state index contributed by atoms with van der Waals surface area (Å²) in [6, 6.07) is 4.66. The Labute approximate surface area is 223 Å². The Morgan fingerprint density at radius 1 is 1.08 bits per heavy atom. The fourth-order valence-electron chi connectivity index (χ4n) is 4.34. The van der Waals surface area contributed by atoms with Crippen molar-refractivity contribution in [1.29, 1.82) is 0 Å². The van der Waals surface area contributed by atoms with Crippen LogP contribution < -0.4 is 10.3 Å². The number of carbonyl (C=O) groups is 2. The maximum Gasteiger partial charge on any atom is 0.259 e. The first-order valence-corrected chi connectivity index (χ1v) is 13.5. The monoisotopic (exact) mass is 528 g/mol. The maximum absolute atomic E-state index is 12.9. The molecule has 0 spiro atoms. The molecule has 0 radical (unpaired) electrons. The predicted octanol–water partition coefficient (Wildman–Crippen LogP) is 4.24. The number of ether oxygens (including phenoxy) is 1. The van der Waals surface area contributed by atoms with Gasteiger partial charge in [-0.1, -0.05) is 13.8 Å². The number of thiophene rings is 1.